The van der Waals surface area contributed by atoms with Gasteiger partial charge in [-0.3, -0.25) is 9.48 Å². The minimum Gasteiger partial charge on any atom is -0.396 e. The average Bonchev–Trinajstić information content (AvgIpc) is 2.58. The standard InChI is InChI=1S/C15H26N4O/c1-10-7-5-4-6-8-13(10)17-14(20)9-19-12(3)15(16)11(2)18-19/h10,13H,4-9,16H2,1-3H3,(H,17,20). The first-order valence-corrected chi connectivity index (χ1v) is 7.58. The summed E-state index contributed by atoms with van der Waals surface area (Å²) in [5, 5.41) is 7.48. The fourth-order valence-electron chi connectivity index (χ4n) is 2.96. The molecule has 5 nitrogen and oxygen atoms in total. The molecule has 2 atom stereocenters. The first-order chi connectivity index (χ1) is 9.49. The van der Waals surface area contributed by atoms with Gasteiger partial charge in [-0.05, 0) is 32.6 Å². The van der Waals surface area contributed by atoms with Gasteiger partial charge in [-0.15, -0.1) is 0 Å². The summed E-state index contributed by atoms with van der Waals surface area (Å²) in [5.41, 5.74) is 8.23. The minimum absolute atomic E-state index is 0.0364. The van der Waals surface area contributed by atoms with Crippen molar-refractivity contribution in [2.75, 3.05) is 5.73 Å². The van der Waals surface area contributed by atoms with E-state index in [0.29, 0.717) is 17.6 Å². The third-order valence-corrected chi connectivity index (χ3v) is 4.44. The zero-order chi connectivity index (χ0) is 14.7. The van der Waals surface area contributed by atoms with Crippen molar-refractivity contribution < 1.29 is 4.79 Å². The van der Waals surface area contributed by atoms with Gasteiger partial charge in [0, 0.05) is 6.04 Å². The lowest BCUT2D eigenvalue weighted by molar-refractivity contribution is -0.123. The molecule has 20 heavy (non-hydrogen) atoms. The van der Waals surface area contributed by atoms with E-state index in [0.717, 1.165) is 17.8 Å². The molecule has 0 aliphatic heterocycles. The number of amides is 1. The largest absolute Gasteiger partial charge is 0.396 e. The first kappa shape index (κ1) is 14.9. The van der Waals surface area contributed by atoms with Crippen molar-refractivity contribution in [1.29, 1.82) is 0 Å². The summed E-state index contributed by atoms with van der Waals surface area (Å²) >= 11 is 0. The van der Waals surface area contributed by atoms with Crippen LogP contribution in [0, 0.1) is 19.8 Å². The van der Waals surface area contributed by atoms with Crippen LogP contribution in [0.1, 0.15) is 50.4 Å². The number of nitrogens with two attached hydrogens (primary N) is 1. The Bertz CT molecular complexity index is 480. The van der Waals surface area contributed by atoms with Gasteiger partial charge in [-0.25, -0.2) is 0 Å². The van der Waals surface area contributed by atoms with Crippen molar-refractivity contribution in [2.24, 2.45) is 5.92 Å². The van der Waals surface area contributed by atoms with Gasteiger partial charge in [0.2, 0.25) is 5.91 Å². The van der Waals surface area contributed by atoms with E-state index in [4.69, 9.17) is 5.73 Å². The van der Waals surface area contributed by atoms with E-state index in [2.05, 4.69) is 17.3 Å². The molecule has 1 amide bonds. The van der Waals surface area contributed by atoms with Crippen molar-refractivity contribution in [3.05, 3.63) is 11.4 Å². The zero-order valence-electron chi connectivity index (χ0n) is 12.8. The molecule has 3 N–H and O–H groups in total. The Morgan fingerprint density at radius 3 is 2.70 bits per heavy atom. The van der Waals surface area contributed by atoms with Gasteiger partial charge in [-0.2, -0.15) is 5.10 Å². The number of aromatic nitrogens is 2. The molecular formula is C15H26N4O. The number of carbonyl (C=O) groups excluding carboxylic acids is 1. The summed E-state index contributed by atoms with van der Waals surface area (Å²) in [5.74, 6) is 0.598. The van der Waals surface area contributed by atoms with Crippen LogP contribution in [0.2, 0.25) is 0 Å². The first-order valence-electron chi connectivity index (χ1n) is 7.58. The molecule has 1 aliphatic carbocycles. The van der Waals surface area contributed by atoms with Crippen molar-refractivity contribution >= 4 is 11.6 Å². The van der Waals surface area contributed by atoms with E-state index < -0.39 is 0 Å². The van der Waals surface area contributed by atoms with Crippen LogP contribution in [0.4, 0.5) is 5.69 Å². The molecule has 112 valence electrons. The number of nitrogens with zero attached hydrogens (tertiary/aromatic N) is 2. The predicted molar refractivity (Wildman–Crippen MR) is 80.3 cm³/mol. The van der Waals surface area contributed by atoms with E-state index in [-0.39, 0.29) is 12.5 Å². The number of hydrogen-bond acceptors (Lipinski definition) is 3. The molecule has 2 unspecified atom stereocenters. The zero-order valence-corrected chi connectivity index (χ0v) is 12.8. The lowest BCUT2D eigenvalue weighted by Crippen LogP contribution is -2.40. The van der Waals surface area contributed by atoms with E-state index >= 15 is 0 Å². The number of carbonyl (C=O) groups is 1. The average molecular weight is 278 g/mol. The number of nitrogen functional groups attached to an aromatic ring is 1. The molecule has 0 radical (unpaired) electrons. The molecule has 0 saturated heterocycles. The normalized spacial score (nSPS) is 23.4. The number of rotatable bonds is 3. The van der Waals surface area contributed by atoms with Gasteiger partial charge < -0.3 is 11.1 Å². The molecule has 0 aromatic carbocycles. The third-order valence-electron chi connectivity index (χ3n) is 4.44. The summed E-state index contributed by atoms with van der Waals surface area (Å²) in [7, 11) is 0. The van der Waals surface area contributed by atoms with Crippen molar-refractivity contribution in [3.63, 3.8) is 0 Å². The molecule has 1 aromatic heterocycles. The maximum atomic E-state index is 12.2. The van der Waals surface area contributed by atoms with Gasteiger partial charge in [0.1, 0.15) is 6.54 Å². The van der Waals surface area contributed by atoms with Gasteiger partial charge >= 0.3 is 0 Å². The van der Waals surface area contributed by atoms with Crippen LogP contribution in [-0.2, 0) is 11.3 Å². The second-order valence-electron chi connectivity index (χ2n) is 6.03. The Kier molecular flexibility index (Phi) is 4.68. The van der Waals surface area contributed by atoms with Gasteiger partial charge in [0.15, 0.2) is 0 Å². The highest BCUT2D eigenvalue weighted by molar-refractivity contribution is 5.76. The number of aryl methyl sites for hydroxylation is 1. The Hall–Kier alpha value is -1.52. The second kappa shape index (κ2) is 6.29. The van der Waals surface area contributed by atoms with E-state index in [1.165, 1.54) is 25.7 Å². The second-order valence-corrected chi connectivity index (χ2v) is 6.03. The van der Waals surface area contributed by atoms with Crippen molar-refractivity contribution in [1.82, 2.24) is 15.1 Å². The smallest absolute Gasteiger partial charge is 0.241 e. The predicted octanol–water partition coefficient (Wildman–Crippen LogP) is 2.17. The highest BCUT2D eigenvalue weighted by Crippen LogP contribution is 2.23. The molecule has 1 aliphatic rings. The SMILES string of the molecule is Cc1nn(CC(=O)NC2CCCCCC2C)c(C)c1N. The summed E-state index contributed by atoms with van der Waals surface area (Å²) in [4.78, 5) is 12.2. The molecule has 0 bridgehead atoms. The summed E-state index contributed by atoms with van der Waals surface area (Å²) < 4.78 is 1.70. The van der Waals surface area contributed by atoms with Crippen LogP contribution in [0.5, 0.6) is 0 Å². The highest BCUT2D eigenvalue weighted by Gasteiger charge is 2.22. The minimum atomic E-state index is 0.0364. The van der Waals surface area contributed by atoms with Crippen LogP contribution < -0.4 is 11.1 Å². The molecule has 1 saturated carbocycles. The molecule has 1 fully saturated rings. The van der Waals surface area contributed by atoms with Gasteiger partial charge in [0.05, 0.1) is 17.1 Å². The maximum absolute atomic E-state index is 12.2. The quantitative estimate of drug-likeness (QED) is 0.832. The fourth-order valence-corrected chi connectivity index (χ4v) is 2.96. The molecule has 0 spiro atoms. The van der Waals surface area contributed by atoms with Crippen LogP contribution in [0.3, 0.4) is 0 Å². The maximum Gasteiger partial charge on any atom is 0.241 e. The van der Waals surface area contributed by atoms with Crippen LogP contribution in [0.25, 0.3) is 0 Å². The Morgan fingerprint density at radius 2 is 2.05 bits per heavy atom. The van der Waals surface area contributed by atoms with Gasteiger partial charge in [-0.1, -0.05) is 26.2 Å². The summed E-state index contributed by atoms with van der Waals surface area (Å²) in [6, 6.07) is 0.305. The molecule has 1 heterocycles. The van der Waals surface area contributed by atoms with Crippen molar-refractivity contribution in [3.8, 4) is 0 Å². The fraction of sp³-hybridized carbons (Fsp3) is 0.733. The van der Waals surface area contributed by atoms with Crippen molar-refractivity contribution in [2.45, 2.75) is 65.5 Å². The summed E-state index contributed by atoms with van der Waals surface area (Å²) in [6.45, 7) is 6.26. The lowest BCUT2D eigenvalue weighted by Gasteiger charge is -2.22. The van der Waals surface area contributed by atoms with Crippen LogP contribution >= 0.6 is 0 Å². The van der Waals surface area contributed by atoms with E-state index in [1.807, 2.05) is 13.8 Å². The molecule has 1 aromatic rings. The Labute approximate surface area is 120 Å². The summed E-state index contributed by atoms with van der Waals surface area (Å²) in [6.07, 6.45) is 6.07. The number of hydrogen-bond donors (Lipinski definition) is 2. The lowest BCUT2D eigenvalue weighted by atomic mass is 9.97. The van der Waals surface area contributed by atoms with Crippen LogP contribution in [0.15, 0.2) is 0 Å². The Morgan fingerprint density at radius 1 is 1.35 bits per heavy atom. The molecule has 5 heteroatoms. The molecular weight excluding hydrogens is 252 g/mol. The van der Waals surface area contributed by atoms with Gasteiger partial charge in [0.25, 0.3) is 0 Å². The highest BCUT2D eigenvalue weighted by atomic mass is 16.2. The topological polar surface area (TPSA) is 72.9 Å². The van der Waals surface area contributed by atoms with E-state index in [9.17, 15) is 4.79 Å². The van der Waals surface area contributed by atoms with Crippen LogP contribution in [-0.4, -0.2) is 21.7 Å². The Balaban J connectivity index is 1.96. The monoisotopic (exact) mass is 278 g/mol. The number of anilines is 1. The molecule has 2 rings (SSSR count). The third kappa shape index (κ3) is 3.32. The van der Waals surface area contributed by atoms with E-state index in [1.54, 1.807) is 4.68 Å². The number of nitrogens with one attached hydrogen (secondary N) is 1.